The molecule has 0 saturated carbocycles. The van der Waals surface area contributed by atoms with Gasteiger partial charge in [0, 0.05) is 11.4 Å². The average molecular weight is 360 g/mol. The van der Waals surface area contributed by atoms with Gasteiger partial charge in [0.15, 0.2) is 8.32 Å². The Labute approximate surface area is 144 Å². The van der Waals surface area contributed by atoms with Crippen molar-refractivity contribution in [2.75, 3.05) is 13.7 Å². The van der Waals surface area contributed by atoms with Crippen molar-refractivity contribution in [1.29, 1.82) is 0 Å². The first-order valence-electron chi connectivity index (χ1n) is 8.05. The Balaban J connectivity index is 2.08. The molecule has 2 heterocycles. The van der Waals surface area contributed by atoms with Gasteiger partial charge >= 0.3 is 5.97 Å². The highest BCUT2D eigenvalue weighted by Crippen LogP contribution is 2.53. The van der Waals surface area contributed by atoms with Gasteiger partial charge in [0.05, 0.1) is 18.4 Å². The number of methoxy groups -OCH3 is 1. The van der Waals surface area contributed by atoms with Crippen LogP contribution in [-0.4, -0.2) is 55.0 Å². The minimum atomic E-state index is -1.88. The fourth-order valence-electron chi connectivity index (χ4n) is 2.85. The standard InChI is InChI=1S/C16H29NO4SSi/c1-15(2,3)23(7,8)21-9-10-12(18)17-11(14(19)20-6)16(4,5)22-13(10)17/h10-11,13H,9H2,1-8H3/t10-,11-,13-/m1/s1. The van der Waals surface area contributed by atoms with Crippen molar-refractivity contribution >= 4 is 32.0 Å². The van der Waals surface area contributed by atoms with Gasteiger partial charge in [-0.3, -0.25) is 4.79 Å². The number of thioether (sulfide) groups is 1. The van der Waals surface area contributed by atoms with Crippen LogP contribution < -0.4 is 0 Å². The van der Waals surface area contributed by atoms with Gasteiger partial charge in [0.2, 0.25) is 5.91 Å². The smallest absolute Gasteiger partial charge is 0.330 e. The second-order valence-electron chi connectivity index (χ2n) is 8.46. The average Bonchev–Trinajstić information content (AvgIpc) is 2.65. The zero-order chi connectivity index (χ0) is 17.8. The second-order valence-corrected chi connectivity index (χ2v) is 15.0. The summed E-state index contributed by atoms with van der Waals surface area (Å²) in [6.45, 7) is 15.4. The normalized spacial score (nSPS) is 30.0. The van der Waals surface area contributed by atoms with Crippen LogP contribution in [0.4, 0.5) is 0 Å². The SMILES string of the molecule is COC(=O)[C@H]1N2C(=O)[C@@H](CO[Si](C)(C)C(C)(C)C)[C@H]2SC1(C)C. The fraction of sp³-hybridized carbons (Fsp3) is 0.875. The molecule has 2 rings (SSSR count). The van der Waals surface area contributed by atoms with Crippen molar-refractivity contribution in [3.63, 3.8) is 0 Å². The third-order valence-electron chi connectivity index (χ3n) is 5.41. The third-order valence-corrected chi connectivity index (χ3v) is 11.5. The maximum absolute atomic E-state index is 12.6. The maximum atomic E-state index is 12.6. The molecule has 7 heteroatoms. The molecule has 3 atom stereocenters. The molecule has 0 N–H and O–H groups in total. The van der Waals surface area contributed by atoms with E-state index >= 15 is 0 Å². The molecule has 0 radical (unpaired) electrons. The number of nitrogens with zero attached hydrogens (tertiary/aromatic N) is 1. The molecule has 0 aromatic rings. The molecule has 1 amide bonds. The molecule has 23 heavy (non-hydrogen) atoms. The number of fused-ring (bicyclic) bond motifs is 1. The number of hydrogen-bond acceptors (Lipinski definition) is 5. The molecular formula is C16H29NO4SSi. The molecule has 2 saturated heterocycles. The summed E-state index contributed by atoms with van der Waals surface area (Å²) >= 11 is 1.68. The fourth-order valence-corrected chi connectivity index (χ4v) is 5.54. The highest BCUT2D eigenvalue weighted by atomic mass is 32.2. The molecule has 0 unspecified atom stereocenters. The lowest BCUT2D eigenvalue weighted by Crippen LogP contribution is -2.64. The summed E-state index contributed by atoms with van der Waals surface area (Å²) < 4.78 is 10.8. The van der Waals surface area contributed by atoms with Crippen molar-refractivity contribution in [3.05, 3.63) is 0 Å². The third kappa shape index (κ3) is 3.07. The van der Waals surface area contributed by atoms with E-state index in [1.165, 1.54) is 7.11 Å². The van der Waals surface area contributed by atoms with Crippen LogP contribution in [0.5, 0.6) is 0 Å². The van der Waals surface area contributed by atoms with Gasteiger partial charge in [-0.2, -0.15) is 0 Å². The number of carbonyl (C=O) groups is 2. The Morgan fingerprint density at radius 2 is 1.91 bits per heavy atom. The summed E-state index contributed by atoms with van der Waals surface area (Å²) in [5.41, 5.74) is 0. The summed E-state index contributed by atoms with van der Waals surface area (Å²) in [6, 6.07) is -0.501. The Hall–Kier alpha value is -0.533. The Morgan fingerprint density at radius 3 is 2.39 bits per heavy atom. The summed E-state index contributed by atoms with van der Waals surface area (Å²) in [7, 11) is -0.503. The van der Waals surface area contributed by atoms with E-state index in [-0.39, 0.29) is 33.0 Å². The summed E-state index contributed by atoms with van der Waals surface area (Å²) in [5.74, 6) is -0.465. The number of β-lactam (4-membered cyclic amide) rings is 1. The van der Waals surface area contributed by atoms with E-state index in [2.05, 4.69) is 33.9 Å². The first-order chi connectivity index (χ1) is 10.3. The zero-order valence-corrected chi connectivity index (χ0v) is 17.2. The maximum Gasteiger partial charge on any atom is 0.330 e. The van der Waals surface area contributed by atoms with Crippen molar-refractivity contribution in [1.82, 2.24) is 4.90 Å². The van der Waals surface area contributed by atoms with Crippen LogP contribution in [0.25, 0.3) is 0 Å². The predicted octanol–water partition coefficient (Wildman–Crippen LogP) is 2.86. The molecule has 0 aromatic heterocycles. The highest BCUT2D eigenvalue weighted by molar-refractivity contribution is 8.01. The monoisotopic (exact) mass is 359 g/mol. The van der Waals surface area contributed by atoms with E-state index in [0.717, 1.165) is 0 Å². The van der Waals surface area contributed by atoms with Gasteiger partial charge in [-0.1, -0.05) is 20.8 Å². The first kappa shape index (κ1) is 18.8. The lowest BCUT2D eigenvalue weighted by atomic mass is 9.92. The Morgan fingerprint density at radius 1 is 1.35 bits per heavy atom. The van der Waals surface area contributed by atoms with Gasteiger partial charge in [-0.15, -0.1) is 11.8 Å². The van der Waals surface area contributed by atoms with E-state index in [0.29, 0.717) is 6.61 Å². The van der Waals surface area contributed by atoms with Crippen LogP contribution in [0, 0.1) is 5.92 Å². The van der Waals surface area contributed by atoms with E-state index in [4.69, 9.17) is 9.16 Å². The minimum absolute atomic E-state index is 0.0159. The number of esters is 1. The van der Waals surface area contributed by atoms with E-state index in [9.17, 15) is 9.59 Å². The van der Waals surface area contributed by atoms with Crippen LogP contribution in [0.3, 0.4) is 0 Å². The highest BCUT2D eigenvalue weighted by Gasteiger charge is 2.64. The van der Waals surface area contributed by atoms with Gasteiger partial charge in [0.1, 0.15) is 6.04 Å². The number of ether oxygens (including phenoxy) is 1. The Kier molecular flexibility index (Phi) is 4.72. The van der Waals surface area contributed by atoms with Crippen LogP contribution in [0.1, 0.15) is 34.6 Å². The van der Waals surface area contributed by atoms with Gasteiger partial charge in [0.25, 0.3) is 0 Å². The molecule has 0 aromatic carbocycles. The van der Waals surface area contributed by atoms with Gasteiger partial charge < -0.3 is 14.1 Å². The zero-order valence-electron chi connectivity index (χ0n) is 15.4. The molecule has 2 aliphatic heterocycles. The Bertz CT molecular complexity index is 515. The molecular weight excluding hydrogens is 330 g/mol. The molecule has 0 bridgehead atoms. The van der Waals surface area contributed by atoms with Crippen molar-refractivity contribution < 1.29 is 18.8 Å². The lowest BCUT2D eigenvalue weighted by Gasteiger charge is -2.45. The largest absolute Gasteiger partial charge is 0.467 e. The van der Waals surface area contributed by atoms with Crippen molar-refractivity contribution in [2.24, 2.45) is 5.92 Å². The number of hydrogen-bond donors (Lipinski definition) is 0. The summed E-state index contributed by atoms with van der Waals surface area (Å²) in [5, 5.41) is 0.141. The van der Waals surface area contributed by atoms with Crippen molar-refractivity contribution in [3.8, 4) is 0 Å². The quantitative estimate of drug-likeness (QED) is 0.439. The van der Waals surface area contributed by atoms with E-state index in [1.807, 2.05) is 13.8 Å². The minimum Gasteiger partial charge on any atom is -0.467 e. The topological polar surface area (TPSA) is 55.8 Å². The summed E-state index contributed by atoms with van der Waals surface area (Å²) in [6.07, 6.45) is 0. The van der Waals surface area contributed by atoms with Gasteiger partial charge in [-0.25, -0.2) is 4.79 Å². The molecule has 132 valence electrons. The molecule has 0 spiro atoms. The van der Waals surface area contributed by atoms with Crippen LogP contribution in [0.15, 0.2) is 0 Å². The number of carbonyl (C=O) groups excluding carboxylic acids is 2. The van der Waals surface area contributed by atoms with Crippen LogP contribution >= 0.6 is 11.8 Å². The summed E-state index contributed by atoms with van der Waals surface area (Å²) in [4.78, 5) is 26.3. The molecule has 0 aliphatic carbocycles. The van der Waals surface area contributed by atoms with Crippen molar-refractivity contribution in [2.45, 2.75) is 68.9 Å². The van der Waals surface area contributed by atoms with E-state index in [1.54, 1.807) is 16.7 Å². The number of rotatable bonds is 4. The lowest BCUT2D eigenvalue weighted by molar-refractivity contribution is -0.166. The predicted molar refractivity (Wildman–Crippen MR) is 94.7 cm³/mol. The number of amides is 1. The second kappa shape index (κ2) is 5.77. The van der Waals surface area contributed by atoms with Crippen LogP contribution in [0.2, 0.25) is 18.1 Å². The first-order valence-corrected chi connectivity index (χ1v) is 11.8. The molecule has 2 aliphatic rings. The molecule has 5 nitrogen and oxygen atoms in total. The van der Waals surface area contributed by atoms with E-state index < -0.39 is 14.4 Å². The molecule has 2 fully saturated rings. The van der Waals surface area contributed by atoms with Gasteiger partial charge in [-0.05, 0) is 32.0 Å². The van der Waals surface area contributed by atoms with Crippen LogP contribution in [-0.2, 0) is 18.8 Å².